The third kappa shape index (κ3) is 31.8. The topological polar surface area (TPSA) is 185 Å². The van der Waals surface area contributed by atoms with Gasteiger partial charge in [-0.2, -0.15) is 0 Å². The molecule has 3 amide bonds. The first-order chi connectivity index (χ1) is 26.6. The lowest BCUT2D eigenvalue weighted by molar-refractivity contribution is -0.148. The quantitative estimate of drug-likeness (QED) is 0.0406. The van der Waals surface area contributed by atoms with Crippen LogP contribution in [0.15, 0.2) is 12.2 Å². The summed E-state index contributed by atoms with van der Waals surface area (Å²) in [4.78, 5) is 47.2. The molecule has 320 valence electrons. The Hall–Kier alpha value is -1.88. The molecular weight excluding hydrogens is 765 g/mol. The lowest BCUT2D eigenvalue weighted by atomic mass is 10.2. The zero-order valence-electron chi connectivity index (χ0n) is 33.1. The van der Waals surface area contributed by atoms with Crippen LogP contribution in [0, 0.1) is 5.92 Å². The summed E-state index contributed by atoms with van der Waals surface area (Å²) in [7, 11) is 3.40. The molecule has 1 aliphatic heterocycles. The van der Waals surface area contributed by atoms with Crippen molar-refractivity contribution in [2.24, 2.45) is 5.92 Å². The molecule has 55 heavy (non-hydrogen) atoms. The van der Waals surface area contributed by atoms with Crippen LogP contribution in [-0.2, 0) is 71.3 Å². The summed E-state index contributed by atoms with van der Waals surface area (Å²) in [6, 6.07) is 0. The van der Waals surface area contributed by atoms with Crippen LogP contribution in [0.2, 0.25) is 0 Å². The first kappa shape index (κ1) is 51.1. The van der Waals surface area contributed by atoms with Crippen molar-refractivity contribution < 1.29 is 71.3 Å². The molecule has 1 heterocycles. The van der Waals surface area contributed by atoms with Crippen LogP contribution in [0.25, 0.3) is 0 Å². The monoisotopic (exact) mass is 828 g/mol. The minimum absolute atomic E-state index is 0.111. The van der Waals surface area contributed by atoms with E-state index in [-0.39, 0.29) is 36.3 Å². The Morgan fingerprint density at radius 2 is 0.945 bits per heavy atom. The van der Waals surface area contributed by atoms with Gasteiger partial charge in [0.15, 0.2) is 0 Å². The van der Waals surface area contributed by atoms with Crippen LogP contribution in [0.4, 0.5) is 0 Å². The number of esters is 1. The molecule has 0 radical (unpaired) electrons. The third-order valence-corrected chi connectivity index (χ3v) is 9.98. The summed E-state index contributed by atoms with van der Waals surface area (Å²) < 4.78 is 60.0. The molecule has 0 fully saturated rings. The minimum Gasteiger partial charge on any atom is -0.464 e. The van der Waals surface area contributed by atoms with Crippen LogP contribution >= 0.6 is 21.6 Å². The van der Waals surface area contributed by atoms with Crippen molar-refractivity contribution >= 4 is 45.3 Å². The average Bonchev–Trinajstić information content (AvgIpc) is 3.47. The second kappa shape index (κ2) is 35.3. The fourth-order valence-electron chi connectivity index (χ4n) is 3.86. The number of rotatable bonds is 40. The molecule has 0 aliphatic carbocycles. The molecule has 17 nitrogen and oxygen atoms in total. The van der Waals surface area contributed by atoms with Gasteiger partial charge in [0.1, 0.15) is 13.2 Å². The average molecular weight is 829 g/mol. The zero-order valence-corrected chi connectivity index (χ0v) is 34.7. The molecule has 0 atom stereocenters. The summed E-state index contributed by atoms with van der Waals surface area (Å²) >= 11 is 0. The summed E-state index contributed by atoms with van der Waals surface area (Å²) in [5.74, 6) is -0.852. The number of nitrogens with one attached hydrogen (secondary N) is 1. The van der Waals surface area contributed by atoms with Gasteiger partial charge < -0.3 is 57.4 Å². The van der Waals surface area contributed by atoms with E-state index >= 15 is 0 Å². The van der Waals surface area contributed by atoms with Crippen molar-refractivity contribution in [3.8, 4) is 0 Å². The minimum atomic E-state index is -0.493. The Bertz CT molecular complexity index is 1020. The maximum atomic E-state index is 11.8. The standard InChI is InChI=1S/C36H64N2O15S2/c1-31(2)35(42)53-30-36(3,4)55-54-28-27-52-26-25-51-24-23-50-22-21-49-20-19-48-18-17-47-16-15-46-14-13-45-12-11-44-10-9-43-8-7-37-32(39)29-38-33(40)5-6-34(38)41/h5-6,31H,7-30H2,1-4H3,(H,37,39). The second-order valence-corrected chi connectivity index (χ2v) is 15.6. The van der Waals surface area contributed by atoms with Crippen molar-refractivity contribution in [2.45, 2.75) is 32.4 Å². The van der Waals surface area contributed by atoms with Gasteiger partial charge in [-0.1, -0.05) is 35.4 Å². The van der Waals surface area contributed by atoms with Crippen molar-refractivity contribution in [1.82, 2.24) is 10.2 Å². The summed E-state index contributed by atoms with van der Waals surface area (Å²) in [5.41, 5.74) is 0. The van der Waals surface area contributed by atoms with Crippen LogP contribution in [0.3, 0.4) is 0 Å². The first-order valence-electron chi connectivity index (χ1n) is 18.7. The number of imide groups is 1. The first-order valence-corrected chi connectivity index (χ1v) is 21.0. The van der Waals surface area contributed by atoms with Gasteiger partial charge in [-0.15, -0.1) is 0 Å². The molecule has 1 aliphatic rings. The highest BCUT2D eigenvalue weighted by Crippen LogP contribution is 2.35. The third-order valence-electron chi connectivity index (χ3n) is 6.75. The molecule has 1 rings (SSSR count). The summed E-state index contributed by atoms with van der Waals surface area (Å²) in [6.07, 6.45) is 2.27. The highest BCUT2D eigenvalue weighted by molar-refractivity contribution is 8.77. The van der Waals surface area contributed by atoms with E-state index in [9.17, 15) is 19.2 Å². The molecule has 0 aromatic carbocycles. The molecule has 0 saturated carbocycles. The molecule has 0 spiro atoms. The number of nitrogens with zero attached hydrogens (tertiary/aromatic N) is 1. The highest BCUT2D eigenvalue weighted by atomic mass is 33.1. The van der Waals surface area contributed by atoms with Crippen molar-refractivity contribution in [2.75, 3.05) is 158 Å². The maximum Gasteiger partial charge on any atom is 0.308 e. The van der Waals surface area contributed by atoms with Gasteiger partial charge in [0.05, 0.1) is 143 Å². The van der Waals surface area contributed by atoms with Crippen molar-refractivity contribution in [3.05, 3.63) is 12.2 Å². The Labute approximate surface area is 334 Å². The van der Waals surface area contributed by atoms with Crippen LogP contribution < -0.4 is 5.32 Å². The van der Waals surface area contributed by atoms with Crippen LogP contribution in [0.1, 0.15) is 27.7 Å². The van der Waals surface area contributed by atoms with Gasteiger partial charge in [-0.25, -0.2) is 0 Å². The number of hydrogen-bond acceptors (Lipinski definition) is 17. The Balaban J connectivity index is 1.67. The molecule has 0 bridgehead atoms. The molecule has 19 heteroatoms. The van der Waals surface area contributed by atoms with E-state index < -0.39 is 17.7 Å². The van der Waals surface area contributed by atoms with E-state index in [1.165, 1.54) is 0 Å². The molecule has 0 saturated heterocycles. The van der Waals surface area contributed by atoms with Gasteiger partial charge in [0, 0.05) is 24.4 Å². The van der Waals surface area contributed by atoms with Gasteiger partial charge in [-0.3, -0.25) is 24.1 Å². The largest absolute Gasteiger partial charge is 0.464 e. The van der Waals surface area contributed by atoms with Gasteiger partial charge >= 0.3 is 5.97 Å². The van der Waals surface area contributed by atoms with Gasteiger partial charge in [-0.05, 0) is 13.8 Å². The van der Waals surface area contributed by atoms with E-state index in [2.05, 4.69) is 19.2 Å². The Morgan fingerprint density at radius 1 is 0.600 bits per heavy atom. The van der Waals surface area contributed by atoms with Gasteiger partial charge in [0.2, 0.25) is 5.91 Å². The lowest BCUT2D eigenvalue weighted by Gasteiger charge is -2.23. The predicted octanol–water partition coefficient (Wildman–Crippen LogP) is 1.55. The van der Waals surface area contributed by atoms with Gasteiger partial charge in [0.25, 0.3) is 11.8 Å². The molecule has 0 aromatic heterocycles. The number of carbonyl (C=O) groups excluding carboxylic acids is 4. The Kier molecular flexibility index (Phi) is 32.8. The van der Waals surface area contributed by atoms with Crippen molar-refractivity contribution in [3.63, 3.8) is 0 Å². The SMILES string of the molecule is CC(C)C(=O)OCC(C)(C)SSCCOCCOCCOCCOCCOCCOCCOCCOCCOCCOCCNC(=O)CN1C(=O)C=CC1=O. The van der Waals surface area contributed by atoms with Crippen molar-refractivity contribution in [1.29, 1.82) is 0 Å². The number of hydrogen-bond donors (Lipinski definition) is 1. The number of amides is 3. The van der Waals surface area contributed by atoms with E-state index in [1.54, 1.807) is 21.6 Å². The van der Waals surface area contributed by atoms with Crippen LogP contribution in [0.5, 0.6) is 0 Å². The fourth-order valence-corrected chi connectivity index (χ4v) is 6.11. The zero-order chi connectivity index (χ0) is 40.2. The van der Waals surface area contributed by atoms with Crippen LogP contribution in [-0.4, -0.2) is 191 Å². The summed E-state index contributed by atoms with van der Waals surface area (Å²) in [5, 5.41) is 2.59. The number of ether oxygens (including phenoxy) is 11. The Morgan fingerprint density at radius 3 is 1.31 bits per heavy atom. The lowest BCUT2D eigenvalue weighted by Crippen LogP contribution is -2.41. The maximum absolute atomic E-state index is 11.8. The second-order valence-electron chi connectivity index (χ2n) is 12.5. The molecule has 0 unspecified atom stereocenters. The van der Waals surface area contributed by atoms with E-state index in [1.807, 2.05) is 13.8 Å². The smallest absolute Gasteiger partial charge is 0.308 e. The summed E-state index contributed by atoms with van der Waals surface area (Å²) in [6.45, 7) is 17.4. The number of carbonyl (C=O) groups is 4. The predicted molar refractivity (Wildman–Crippen MR) is 207 cm³/mol. The molecule has 0 aromatic rings. The molecule has 1 N–H and O–H groups in total. The highest BCUT2D eigenvalue weighted by Gasteiger charge is 2.25. The van der Waals surface area contributed by atoms with E-state index in [4.69, 9.17) is 52.1 Å². The fraction of sp³-hybridized carbons (Fsp3) is 0.833. The van der Waals surface area contributed by atoms with E-state index in [0.717, 1.165) is 22.8 Å². The normalized spacial score (nSPS) is 13.1. The van der Waals surface area contributed by atoms with E-state index in [0.29, 0.717) is 132 Å². The molecular formula is C36H64N2O15S2.